The number of carbonyl (C=O) groups is 1. The highest BCUT2D eigenvalue weighted by atomic mass is 16.2. The van der Waals surface area contributed by atoms with Crippen molar-refractivity contribution in [1.29, 1.82) is 0 Å². The van der Waals surface area contributed by atoms with Gasteiger partial charge in [0.1, 0.15) is 0 Å². The standard InChI is InChI=1S/C17H27N3O/c1-17(2,3)16(21)20(14-7-8-14)11-12-10-13(18)6-9-15(12)19(4)5/h6,9-10,14H,7-8,11,18H2,1-5H3. The predicted octanol–water partition coefficient (Wildman–Crippen LogP) is 2.87. The van der Waals surface area contributed by atoms with Crippen LogP contribution in [0.15, 0.2) is 18.2 Å². The summed E-state index contributed by atoms with van der Waals surface area (Å²) < 4.78 is 0. The van der Waals surface area contributed by atoms with E-state index in [1.807, 2.05) is 58.0 Å². The van der Waals surface area contributed by atoms with Crippen LogP contribution in [0.2, 0.25) is 0 Å². The smallest absolute Gasteiger partial charge is 0.228 e. The van der Waals surface area contributed by atoms with E-state index in [-0.39, 0.29) is 11.3 Å². The number of carbonyl (C=O) groups excluding carboxylic acids is 1. The highest BCUT2D eigenvalue weighted by Crippen LogP contribution is 2.34. The minimum atomic E-state index is -0.346. The minimum Gasteiger partial charge on any atom is -0.399 e. The fraction of sp³-hybridized carbons (Fsp3) is 0.588. The van der Waals surface area contributed by atoms with Crippen LogP contribution in [0, 0.1) is 5.41 Å². The maximum absolute atomic E-state index is 12.7. The van der Waals surface area contributed by atoms with Gasteiger partial charge in [0.2, 0.25) is 5.91 Å². The number of benzene rings is 1. The molecule has 4 heteroatoms. The van der Waals surface area contributed by atoms with Gasteiger partial charge in [-0.2, -0.15) is 0 Å². The van der Waals surface area contributed by atoms with Crippen LogP contribution < -0.4 is 10.6 Å². The van der Waals surface area contributed by atoms with Gasteiger partial charge >= 0.3 is 0 Å². The number of nitrogens with zero attached hydrogens (tertiary/aromatic N) is 2. The topological polar surface area (TPSA) is 49.6 Å². The van der Waals surface area contributed by atoms with Gasteiger partial charge in [-0.05, 0) is 36.6 Å². The van der Waals surface area contributed by atoms with Gasteiger partial charge in [0.05, 0.1) is 0 Å². The number of hydrogen-bond donors (Lipinski definition) is 1. The van der Waals surface area contributed by atoms with Gasteiger partial charge in [-0.1, -0.05) is 20.8 Å². The molecule has 2 N–H and O–H groups in total. The first kappa shape index (κ1) is 15.7. The van der Waals surface area contributed by atoms with Crippen LogP contribution in [-0.2, 0) is 11.3 Å². The second kappa shape index (κ2) is 5.58. The molecule has 2 rings (SSSR count). The Morgan fingerprint density at radius 1 is 1.29 bits per heavy atom. The van der Waals surface area contributed by atoms with Crippen LogP contribution in [0.25, 0.3) is 0 Å². The third-order valence-electron chi connectivity index (χ3n) is 3.82. The van der Waals surface area contributed by atoms with E-state index in [0.29, 0.717) is 12.6 Å². The first-order valence-electron chi connectivity index (χ1n) is 7.57. The number of nitrogens with two attached hydrogens (primary N) is 1. The molecule has 1 amide bonds. The molecule has 4 nitrogen and oxygen atoms in total. The van der Waals surface area contributed by atoms with Gasteiger partial charge in [0, 0.05) is 43.5 Å². The average molecular weight is 289 g/mol. The van der Waals surface area contributed by atoms with Gasteiger partial charge in [-0.15, -0.1) is 0 Å². The van der Waals surface area contributed by atoms with Crippen molar-refractivity contribution >= 4 is 17.3 Å². The first-order chi connectivity index (χ1) is 9.70. The van der Waals surface area contributed by atoms with E-state index in [9.17, 15) is 4.79 Å². The molecule has 0 bridgehead atoms. The van der Waals surface area contributed by atoms with E-state index in [0.717, 1.165) is 29.8 Å². The van der Waals surface area contributed by atoms with Crippen LogP contribution in [0.4, 0.5) is 11.4 Å². The van der Waals surface area contributed by atoms with Crippen molar-refractivity contribution in [3.8, 4) is 0 Å². The lowest BCUT2D eigenvalue weighted by molar-refractivity contribution is -0.140. The highest BCUT2D eigenvalue weighted by Gasteiger charge is 2.37. The fourth-order valence-electron chi connectivity index (χ4n) is 2.54. The van der Waals surface area contributed by atoms with Gasteiger partial charge in [-0.25, -0.2) is 0 Å². The number of nitrogen functional groups attached to an aromatic ring is 1. The Balaban J connectivity index is 2.29. The summed E-state index contributed by atoms with van der Waals surface area (Å²) in [5.41, 5.74) is 8.57. The molecule has 0 heterocycles. The Hall–Kier alpha value is -1.71. The SMILES string of the molecule is CN(C)c1ccc(N)cc1CN(C(=O)C(C)(C)C)C1CC1. The summed E-state index contributed by atoms with van der Waals surface area (Å²) in [4.78, 5) is 16.8. The van der Waals surface area contributed by atoms with E-state index in [1.54, 1.807) is 0 Å². The lowest BCUT2D eigenvalue weighted by Crippen LogP contribution is -2.40. The molecule has 0 unspecified atom stereocenters. The molecule has 1 aliphatic rings. The van der Waals surface area contributed by atoms with E-state index < -0.39 is 0 Å². The normalized spacial score (nSPS) is 14.9. The summed E-state index contributed by atoms with van der Waals surface area (Å²) in [5.74, 6) is 0.220. The van der Waals surface area contributed by atoms with Crippen LogP contribution >= 0.6 is 0 Å². The van der Waals surface area contributed by atoms with Crippen LogP contribution in [0.1, 0.15) is 39.2 Å². The largest absolute Gasteiger partial charge is 0.399 e. The molecule has 116 valence electrons. The van der Waals surface area contributed by atoms with Gasteiger partial charge < -0.3 is 15.5 Å². The number of rotatable bonds is 4. The molecule has 1 fully saturated rings. The zero-order valence-corrected chi connectivity index (χ0v) is 13.8. The molecule has 21 heavy (non-hydrogen) atoms. The number of hydrogen-bond acceptors (Lipinski definition) is 3. The quantitative estimate of drug-likeness (QED) is 0.867. The fourth-order valence-corrected chi connectivity index (χ4v) is 2.54. The summed E-state index contributed by atoms with van der Waals surface area (Å²) in [7, 11) is 4.03. The Morgan fingerprint density at radius 3 is 2.38 bits per heavy atom. The molecule has 0 saturated heterocycles. The van der Waals surface area contributed by atoms with Crippen molar-refractivity contribution in [2.45, 2.75) is 46.2 Å². The lowest BCUT2D eigenvalue weighted by atomic mass is 9.94. The summed E-state index contributed by atoms with van der Waals surface area (Å²) in [5, 5.41) is 0. The van der Waals surface area contributed by atoms with Gasteiger partial charge in [-0.3, -0.25) is 4.79 Å². The molecule has 1 aromatic carbocycles. The number of amides is 1. The zero-order valence-electron chi connectivity index (χ0n) is 13.8. The van der Waals surface area contributed by atoms with Crippen molar-refractivity contribution in [1.82, 2.24) is 4.90 Å². The minimum absolute atomic E-state index is 0.220. The average Bonchev–Trinajstić information content (AvgIpc) is 3.17. The molecule has 1 saturated carbocycles. The zero-order chi connectivity index (χ0) is 15.8. The molecular formula is C17H27N3O. The van der Waals surface area contributed by atoms with Gasteiger partial charge in [0.25, 0.3) is 0 Å². The third-order valence-corrected chi connectivity index (χ3v) is 3.82. The third kappa shape index (κ3) is 3.69. The second-order valence-corrected chi connectivity index (χ2v) is 7.20. The Bertz CT molecular complexity index is 527. The van der Waals surface area contributed by atoms with Crippen molar-refractivity contribution in [2.75, 3.05) is 24.7 Å². The first-order valence-corrected chi connectivity index (χ1v) is 7.57. The Morgan fingerprint density at radius 2 is 1.90 bits per heavy atom. The van der Waals surface area contributed by atoms with Crippen LogP contribution in [0.3, 0.4) is 0 Å². The summed E-state index contributed by atoms with van der Waals surface area (Å²) in [6.07, 6.45) is 2.23. The van der Waals surface area contributed by atoms with Crippen LogP contribution in [-0.4, -0.2) is 30.9 Å². The van der Waals surface area contributed by atoms with Crippen molar-refractivity contribution < 1.29 is 4.79 Å². The van der Waals surface area contributed by atoms with Crippen molar-refractivity contribution in [3.05, 3.63) is 23.8 Å². The number of anilines is 2. The molecule has 1 aromatic rings. The summed E-state index contributed by atoms with van der Waals surface area (Å²) in [6.45, 7) is 6.59. The monoisotopic (exact) mass is 289 g/mol. The second-order valence-electron chi connectivity index (χ2n) is 7.20. The molecule has 0 radical (unpaired) electrons. The van der Waals surface area contributed by atoms with E-state index in [4.69, 9.17) is 5.73 Å². The maximum atomic E-state index is 12.7. The van der Waals surface area contributed by atoms with E-state index in [1.165, 1.54) is 0 Å². The maximum Gasteiger partial charge on any atom is 0.228 e. The summed E-state index contributed by atoms with van der Waals surface area (Å²) in [6, 6.07) is 6.32. The lowest BCUT2D eigenvalue weighted by Gasteiger charge is -2.31. The molecule has 0 aliphatic heterocycles. The Kier molecular flexibility index (Phi) is 4.17. The van der Waals surface area contributed by atoms with Crippen molar-refractivity contribution in [2.24, 2.45) is 5.41 Å². The summed E-state index contributed by atoms with van der Waals surface area (Å²) >= 11 is 0. The molecule has 0 aromatic heterocycles. The van der Waals surface area contributed by atoms with Gasteiger partial charge in [0.15, 0.2) is 0 Å². The van der Waals surface area contributed by atoms with E-state index >= 15 is 0 Å². The molecule has 0 atom stereocenters. The van der Waals surface area contributed by atoms with Crippen LogP contribution in [0.5, 0.6) is 0 Å². The molecular weight excluding hydrogens is 262 g/mol. The Labute approximate surface area is 127 Å². The predicted molar refractivity (Wildman–Crippen MR) is 88.2 cm³/mol. The molecule has 1 aliphatic carbocycles. The highest BCUT2D eigenvalue weighted by molar-refractivity contribution is 5.82. The van der Waals surface area contributed by atoms with Crippen molar-refractivity contribution in [3.63, 3.8) is 0 Å². The molecule has 0 spiro atoms. The van der Waals surface area contributed by atoms with E-state index in [2.05, 4.69) is 4.90 Å².